The Kier molecular flexibility index (Phi) is 4.59. The van der Waals surface area contributed by atoms with E-state index in [9.17, 15) is 4.79 Å². The number of ether oxygens (including phenoxy) is 1. The molecule has 5 heteroatoms. The number of carbonyl (C=O) groups excluding carboxylic acids is 1. The van der Waals surface area contributed by atoms with Crippen molar-refractivity contribution >= 4 is 23.0 Å². The van der Waals surface area contributed by atoms with E-state index in [1.165, 1.54) is 0 Å². The molecule has 0 saturated heterocycles. The molecule has 1 saturated carbocycles. The third-order valence-electron chi connectivity index (χ3n) is 4.77. The second kappa shape index (κ2) is 7.19. The Morgan fingerprint density at radius 2 is 2.04 bits per heavy atom. The lowest BCUT2D eigenvalue weighted by atomic mass is 10.1. The number of carbonyl (C=O) groups is 1. The molecule has 136 valence electrons. The highest BCUT2D eigenvalue weighted by Gasteiger charge is 2.26. The Morgan fingerprint density at radius 3 is 2.78 bits per heavy atom. The van der Waals surface area contributed by atoms with Crippen LogP contribution in [0, 0.1) is 6.92 Å². The first-order valence-corrected chi connectivity index (χ1v) is 9.03. The topological polar surface area (TPSA) is 63.6 Å². The summed E-state index contributed by atoms with van der Waals surface area (Å²) in [5.41, 5.74) is 7.02. The molecule has 5 nitrogen and oxygen atoms in total. The maximum Gasteiger partial charge on any atom is 0.272 e. The van der Waals surface area contributed by atoms with Crippen LogP contribution in [-0.4, -0.2) is 24.2 Å². The number of aromatic nitrogens is 1. The van der Waals surface area contributed by atoms with Crippen molar-refractivity contribution < 1.29 is 9.53 Å². The minimum absolute atomic E-state index is 0.225. The van der Waals surface area contributed by atoms with Gasteiger partial charge in [0, 0.05) is 17.0 Å². The summed E-state index contributed by atoms with van der Waals surface area (Å²) < 4.78 is 5.26. The highest BCUT2D eigenvalue weighted by molar-refractivity contribution is 6.06. The number of fused-ring (bicyclic) bond motifs is 1. The highest BCUT2D eigenvalue weighted by atomic mass is 16.5. The Hall–Kier alpha value is -3.21. The number of hydrogen-bond acceptors (Lipinski definition) is 4. The zero-order chi connectivity index (χ0) is 18.8. The van der Waals surface area contributed by atoms with Crippen LogP contribution in [0.15, 0.2) is 53.6 Å². The van der Waals surface area contributed by atoms with Gasteiger partial charge in [0.2, 0.25) is 0 Å². The molecule has 0 spiro atoms. The zero-order valence-corrected chi connectivity index (χ0v) is 15.4. The monoisotopic (exact) mass is 359 g/mol. The van der Waals surface area contributed by atoms with Gasteiger partial charge in [-0.2, -0.15) is 5.10 Å². The second-order valence-corrected chi connectivity index (χ2v) is 6.81. The van der Waals surface area contributed by atoms with Crippen molar-refractivity contribution in [1.29, 1.82) is 0 Å². The lowest BCUT2D eigenvalue weighted by molar-refractivity contribution is 0.0956. The van der Waals surface area contributed by atoms with Crippen LogP contribution in [0.4, 0.5) is 0 Å². The van der Waals surface area contributed by atoms with Gasteiger partial charge in [-0.3, -0.25) is 9.78 Å². The number of nitrogens with one attached hydrogen (secondary N) is 1. The molecule has 1 heterocycles. The molecule has 0 bridgehead atoms. The van der Waals surface area contributed by atoms with Crippen LogP contribution in [0.3, 0.4) is 0 Å². The molecule has 0 aliphatic heterocycles. The molecular weight excluding hydrogens is 338 g/mol. The number of nitrogens with zero attached hydrogens (tertiary/aromatic N) is 2. The van der Waals surface area contributed by atoms with E-state index in [0.717, 1.165) is 46.3 Å². The van der Waals surface area contributed by atoms with Gasteiger partial charge >= 0.3 is 0 Å². The molecule has 0 atom stereocenters. The lowest BCUT2D eigenvalue weighted by Gasteiger charge is -2.08. The van der Waals surface area contributed by atoms with Crippen LogP contribution in [0.5, 0.6) is 5.75 Å². The highest BCUT2D eigenvalue weighted by Crippen LogP contribution is 2.40. The average Bonchev–Trinajstić information content (AvgIpc) is 3.52. The van der Waals surface area contributed by atoms with Crippen LogP contribution in [0.25, 0.3) is 10.9 Å². The first-order chi connectivity index (χ1) is 13.2. The summed E-state index contributed by atoms with van der Waals surface area (Å²) in [6.07, 6.45) is 3.91. The molecule has 4 rings (SSSR count). The van der Waals surface area contributed by atoms with E-state index >= 15 is 0 Å². The van der Waals surface area contributed by atoms with E-state index in [1.54, 1.807) is 13.3 Å². The number of benzene rings is 2. The molecule has 0 radical (unpaired) electrons. The predicted octanol–water partition coefficient (Wildman–Crippen LogP) is 4.19. The van der Waals surface area contributed by atoms with Gasteiger partial charge in [0.05, 0.1) is 24.4 Å². The van der Waals surface area contributed by atoms with Crippen LogP contribution < -0.4 is 10.2 Å². The third kappa shape index (κ3) is 3.67. The fraction of sp³-hybridized carbons (Fsp3) is 0.227. The largest absolute Gasteiger partial charge is 0.496 e. The predicted molar refractivity (Wildman–Crippen MR) is 107 cm³/mol. The molecule has 2 aromatic carbocycles. The third-order valence-corrected chi connectivity index (χ3v) is 4.77. The number of rotatable bonds is 5. The minimum atomic E-state index is -0.225. The maximum absolute atomic E-state index is 12.7. The quantitative estimate of drug-likeness (QED) is 0.549. The molecule has 1 fully saturated rings. The van der Waals surface area contributed by atoms with Crippen LogP contribution >= 0.6 is 0 Å². The zero-order valence-electron chi connectivity index (χ0n) is 15.4. The first-order valence-electron chi connectivity index (χ1n) is 9.03. The summed E-state index contributed by atoms with van der Waals surface area (Å²) in [5.74, 6) is 1.08. The molecule has 0 unspecified atom stereocenters. The molecular formula is C22H21N3O2. The van der Waals surface area contributed by atoms with Crippen molar-refractivity contribution in [3.05, 3.63) is 70.9 Å². The summed E-state index contributed by atoms with van der Waals surface area (Å²) in [7, 11) is 1.64. The summed E-state index contributed by atoms with van der Waals surface area (Å²) in [5, 5.41) is 4.97. The normalized spacial score (nSPS) is 13.9. The van der Waals surface area contributed by atoms with E-state index in [1.807, 2.05) is 55.5 Å². The first kappa shape index (κ1) is 17.2. The number of amides is 1. The molecule has 1 aromatic heterocycles. The Labute approximate surface area is 158 Å². The molecule has 1 amide bonds. The molecule has 1 N–H and O–H groups in total. The fourth-order valence-electron chi connectivity index (χ4n) is 3.18. The molecule has 27 heavy (non-hydrogen) atoms. The smallest absolute Gasteiger partial charge is 0.272 e. The van der Waals surface area contributed by atoms with Gasteiger partial charge in [-0.1, -0.05) is 18.2 Å². The van der Waals surface area contributed by atoms with Crippen LogP contribution in [0.2, 0.25) is 0 Å². The van der Waals surface area contributed by atoms with Crippen molar-refractivity contribution in [3.63, 3.8) is 0 Å². The van der Waals surface area contributed by atoms with E-state index in [-0.39, 0.29) is 5.91 Å². The number of pyridine rings is 1. The van der Waals surface area contributed by atoms with Gasteiger partial charge in [-0.05, 0) is 61.2 Å². The number of aryl methyl sites for hydroxylation is 1. The second-order valence-electron chi connectivity index (χ2n) is 6.81. The van der Waals surface area contributed by atoms with Crippen molar-refractivity contribution in [2.75, 3.05) is 7.11 Å². The fourth-order valence-corrected chi connectivity index (χ4v) is 3.18. The Balaban J connectivity index is 1.57. The maximum atomic E-state index is 12.7. The van der Waals surface area contributed by atoms with Crippen LogP contribution in [0.1, 0.15) is 45.9 Å². The Morgan fingerprint density at radius 1 is 1.22 bits per heavy atom. The van der Waals surface area contributed by atoms with Crippen molar-refractivity contribution in [2.24, 2.45) is 5.10 Å². The van der Waals surface area contributed by atoms with E-state index in [4.69, 9.17) is 9.72 Å². The SMILES string of the molecule is COc1ccc(/C=N/NC(=O)c2cc(C3CC3)nc3ccccc23)cc1C. The van der Waals surface area contributed by atoms with E-state index in [0.29, 0.717) is 11.5 Å². The van der Waals surface area contributed by atoms with Gasteiger partial charge in [-0.25, -0.2) is 5.43 Å². The average molecular weight is 359 g/mol. The minimum Gasteiger partial charge on any atom is -0.496 e. The van der Waals surface area contributed by atoms with E-state index in [2.05, 4.69) is 10.5 Å². The number of para-hydroxylation sites is 1. The van der Waals surface area contributed by atoms with Gasteiger partial charge < -0.3 is 4.74 Å². The Bertz CT molecular complexity index is 1040. The van der Waals surface area contributed by atoms with Crippen LogP contribution in [-0.2, 0) is 0 Å². The van der Waals surface area contributed by atoms with Crippen molar-refractivity contribution in [2.45, 2.75) is 25.7 Å². The standard InChI is InChI=1S/C22H21N3O2/c1-14-11-15(7-10-21(14)27-2)13-23-25-22(26)18-12-20(16-8-9-16)24-19-6-4-3-5-17(18)19/h3-7,10-13,16H,8-9H2,1-2H3,(H,25,26)/b23-13+. The number of methoxy groups -OCH3 is 1. The summed E-state index contributed by atoms with van der Waals surface area (Å²) in [6.45, 7) is 1.97. The van der Waals surface area contributed by atoms with Gasteiger partial charge in [0.25, 0.3) is 5.91 Å². The van der Waals surface area contributed by atoms with E-state index < -0.39 is 0 Å². The summed E-state index contributed by atoms with van der Waals surface area (Å²) in [6, 6.07) is 15.4. The van der Waals surface area contributed by atoms with Crippen molar-refractivity contribution in [3.8, 4) is 5.75 Å². The summed E-state index contributed by atoms with van der Waals surface area (Å²) >= 11 is 0. The van der Waals surface area contributed by atoms with Gasteiger partial charge in [-0.15, -0.1) is 0 Å². The van der Waals surface area contributed by atoms with Gasteiger partial charge in [0.15, 0.2) is 0 Å². The lowest BCUT2D eigenvalue weighted by Crippen LogP contribution is -2.18. The number of hydrogen-bond donors (Lipinski definition) is 1. The molecule has 1 aliphatic carbocycles. The summed E-state index contributed by atoms with van der Waals surface area (Å²) in [4.78, 5) is 17.4. The molecule has 3 aromatic rings. The number of hydrazone groups is 1. The molecule has 1 aliphatic rings. The van der Waals surface area contributed by atoms with Crippen molar-refractivity contribution in [1.82, 2.24) is 10.4 Å². The van der Waals surface area contributed by atoms with Gasteiger partial charge in [0.1, 0.15) is 5.75 Å².